The Hall–Kier alpha value is -2.94. The molecule has 0 radical (unpaired) electrons. The molecule has 4 aliphatic rings. The van der Waals surface area contributed by atoms with Crippen LogP contribution in [-0.2, 0) is 14.3 Å². The number of nitrogens with one attached hydrogen (secondary N) is 1. The number of ether oxygens (including phenoxy) is 1. The van der Waals surface area contributed by atoms with Crippen molar-refractivity contribution in [1.82, 2.24) is 15.1 Å². The minimum Gasteiger partial charge on any atom is -0.367 e. The number of amides is 2. The lowest BCUT2D eigenvalue weighted by atomic mass is 9.88. The van der Waals surface area contributed by atoms with Crippen LogP contribution in [0.4, 0.5) is 0 Å². The molecule has 1 aliphatic carbocycles. The molecule has 10 nitrogen and oxygen atoms in total. The van der Waals surface area contributed by atoms with Gasteiger partial charge in [0.25, 0.3) is 5.91 Å². The monoisotopic (exact) mass is 508 g/mol. The van der Waals surface area contributed by atoms with Crippen molar-refractivity contribution in [2.24, 2.45) is 5.11 Å². The largest absolute Gasteiger partial charge is 0.367 e. The van der Waals surface area contributed by atoms with Crippen LogP contribution in [0.25, 0.3) is 10.4 Å². The van der Waals surface area contributed by atoms with Gasteiger partial charge < -0.3 is 19.9 Å². The third-order valence-corrected chi connectivity index (χ3v) is 8.74. The number of carbonyl (C=O) groups is 3. The van der Waals surface area contributed by atoms with Crippen LogP contribution in [0.1, 0.15) is 74.2 Å². The van der Waals surface area contributed by atoms with E-state index in [1.807, 2.05) is 24.3 Å². The standard InChI is InChI=1S/C27H36N6O4/c1-17(2)32-13-9-19(10-14-32)18-5-7-20(8-6-18)25(35)29-27(11-3-4-12-27)26(36)33-15-21(30-31-28)24-23(33)22(34)16-37-24/h5-8,17,19,21,23-24H,3-4,9-16H2,1-2H3,(H,29,35)/t21-,23-,24-/m1/s1. The third kappa shape index (κ3) is 4.85. The van der Waals surface area contributed by atoms with E-state index in [1.165, 1.54) is 10.5 Å². The van der Waals surface area contributed by atoms with Crippen LogP contribution in [-0.4, -0.2) is 83.4 Å². The normalized spacial score (nSPS) is 27.8. The summed E-state index contributed by atoms with van der Waals surface area (Å²) in [5.74, 6) is -0.263. The number of fused-ring (bicyclic) bond motifs is 1. The Morgan fingerprint density at radius 3 is 2.46 bits per heavy atom. The van der Waals surface area contributed by atoms with Gasteiger partial charge in [-0.2, -0.15) is 0 Å². The van der Waals surface area contributed by atoms with Gasteiger partial charge in [-0.25, -0.2) is 0 Å². The summed E-state index contributed by atoms with van der Waals surface area (Å²) in [6.45, 7) is 6.65. The molecule has 1 aromatic carbocycles. The lowest BCUT2D eigenvalue weighted by Gasteiger charge is -2.35. The first-order valence-corrected chi connectivity index (χ1v) is 13.5. The summed E-state index contributed by atoms with van der Waals surface area (Å²) in [6.07, 6.45) is 4.25. The number of Topliss-reactive ketones (excluding diaryl/α,β-unsaturated/α-hetero) is 1. The molecular weight excluding hydrogens is 472 g/mol. The number of benzene rings is 1. The van der Waals surface area contributed by atoms with Crippen LogP contribution in [0.3, 0.4) is 0 Å². The SMILES string of the molecule is CC(C)N1CCC(c2ccc(C(=O)NC3(C(=O)N4C[C@@H](N=[N+]=[N-])[C@H]5OCC(=O)[C@H]54)CCCC3)cc2)CC1. The van der Waals surface area contributed by atoms with Crippen LogP contribution in [0.5, 0.6) is 0 Å². The highest BCUT2D eigenvalue weighted by Crippen LogP contribution is 2.37. The first kappa shape index (κ1) is 25.7. The fourth-order valence-corrected chi connectivity index (χ4v) is 6.60. The van der Waals surface area contributed by atoms with Crippen LogP contribution in [0.2, 0.25) is 0 Å². The smallest absolute Gasteiger partial charge is 0.252 e. The Morgan fingerprint density at radius 2 is 1.84 bits per heavy atom. The lowest BCUT2D eigenvalue weighted by molar-refractivity contribution is -0.142. The highest BCUT2D eigenvalue weighted by atomic mass is 16.5. The van der Waals surface area contributed by atoms with Gasteiger partial charge in [0.15, 0.2) is 5.78 Å². The molecule has 198 valence electrons. The fourth-order valence-electron chi connectivity index (χ4n) is 6.60. The molecule has 37 heavy (non-hydrogen) atoms. The zero-order chi connectivity index (χ0) is 26.2. The van der Waals surface area contributed by atoms with Crippen LogP contribution >= 0.6 is 0 Å². The maximum absolute atomic E-state index is 13.9. The Morgan fingerprint density at radius 1 is 1.16 bits per heavy atom. The second-order valence-corrected chi connectivity index (χ2v) is 11.2. The molecule has 0 bridgehead atoms. The van der Waals surface area contributed by atoms with Crippen molar-refractivity contribution in [3.63, 3.8) is 0 Å². The minimum atomic E-state index is -1.07. The number of ketones is 1. The summed E-state index contributed by atoms with van der Waals surface area (Å²) < 4.78 is 5.56. The Bertz CT molecular complexity index is 1080. The van der Waals surface area contributed by atoms with E-state index in [0.717, 1.165) is 38.8 Å². The fraction of sp³-hybridized carbons (Fsp3) is 0.667. The van der Waals surface area contributed by atoms with Crippen molar-refractivity contribution >= 4 is 17.6 Å². The summed E-state index contributed by atoms with van der Waals surface area (Å²) in [6, 6.07) is 6.97. The average Bonchev–Trinajstić information content (AvgIpc) is 3.62. The van der Waals surface area contributed by atoms with Crippen molar-refractivity contribution < 1.29 is 19.1 Å². The number of piperidine rings is 1. The van der Waals surface area contributed by atoms with Crippen LogP contribution < -0.4 is 5.32 Å². The maximum Gasteiger partial charge on any atom is 0.252 e. The van der Waals surface area contributed by atoms with Crippen molar-refractivity contribution in [1.29, 1.82) is 0 Å². The van der Waals surface area contributed by atoms with E-state index in [9.17, 15) is 14.4 Å². The van der Waals surface area contributed by atoms with E-state index >= 15 is 0 Å². The molecule has 2 amide bonds. The minimum absolute atomic E-state index is 0.0984. The van der Waals surface area contributed by atoms with Crippen molar-refractivity contribution in [2.75, 3.05) is 26.2 Å². The van der Waals surface area contributed by atoms with Gasteiger partial charge in [0, 0.05) is 23.1 Å². The molecule has 10 heteroatoms. The molecule has 0 spiro atoms. The third-order valence-electron chi connectivity index (χ3n) is 8.74. The number of carbonyl (C=O) groups excluding carboxylic acids is 3. The van der Waals surface area contributed by atoms with Crippen LogP contribution in [0, 0.1) is 0 Å². The highest BCUT2D eigenvalue weighted by Gasteiger charge is 2.56. The Balaban J connectivity index is 1.29. The number of hydrogen-bond donors (Lipinski definition) is 1. The van der Waals surface area contributed by atoms with Crippen molar-refractivity contribution in [3.05, 3.63) is 45.8 Å². The number of likely N-dealkylation sites (tertiary alicyclic amines) is 2. The Kier molecular flexibility index (Phi) is 7.25. The molecule has 0 aromatic heterocycles. The molecule has 3 aliphatic heterocycles. The van der Waals surface area contributed by atoms with E-state index in [-0.39, 0.29) is 30.7 Å². The summed E-state index contributed by atoms with van der Waals surface area (Å²) >= 11 is 0. The molecule has 3 saturated heterocycles. The van der Waals surface area contributed by atoms with Crippen molar-refractivity contribution in [2.45, 2.75) is 88.1 Å². The first-order valence-electron chi connectivity index (χ1n) is 13.5. The molecule has 1 N–H and O–H groups in total. The summed E-state index contributed by atoms with van der Waals surface area (Å²) in [7, 11) is 0. The molecule has 4 fully saturated rings. The van der Waals surface area contributed by atoms with E-state index in [0.29, 0.717) is 30.4 Å². The van der Waals surface area contributed by atoms with Gasteiger partial charge in [0.05, 0.1) is 12.1 Å². The number of azide groups is 1. The van der Waals surface area contributed by atoms with E-state index in [1.54, 1.807) is 0 Å². The number of rotatable bonds is 6. The van der Waals surface area contributed by atoms with Gasteiger partial charge in [-0.05, 0) is 81.8 Å². The predicted octanol–water partition coefficient (Wildman–Crippen LogP) is 3.17. The molecule has 5 rings (SSSR count). The zero-order valence-corrected chi connectivity index (χ0v) is 21.6. The quantitative estimate of drug-likeness (QED) is 0.359. The number of hydrogen-bond acceptors (Lipinski definition) is 6. The van der Waals surface area contributed by atoms with Gasteiger partial charge in [-0.3, -0.25) is 14.4 Å². The maximum atomic E-state index is 13.9. The van der Waals surface area contributed by atoms with Gasteiger partial charge in [-0.1, -0.05) is 30.1 Å². The lowest BCUT2D eigenvalue weighted by Crippen LogP contribution is -2.60. The van der Waals surface area contributed by atoms with Gasteiger partial charge >= 0.3 is 0 Å². The van der Waals surface area contributed by atoms with E-state index in [4.69, 9.17) is 10.3 Å². The average molecular weight is 509 g/mol. The van der Waals surface area contributed by atoms with Gasteiger partial charge in [0.1, 0.15) is 18.2 Å². The molecule has 1 saturated carbocycles. The Labute approximate surface area is 217 Å². The van der Waals surface area contributed by atoms with Gasteiger partial charge in [0.2, 0.25) is 5.91 Å². The molecular formula is C27H36N6O4. The first-order chi connectivity index (χ1) is 17.8. The van der Waals surface area contributed by atoms with Gasteiger partial charge in [-0.15, -0.1) is 0 Å². The molecule has 3 heterocycles. The molecule has 3 atom stereocenters. The second kappa shape index (κ2) is 10.4. The summed E-state index contributed by atoms with van der Waals surface area (Å²) in [4.78, 5) is 46.6. The number of nitrogens with zero attached hydrogens (tertiary/aromatic N) is 5. The van der Waals surface area contributed by atoms with Crippen molar-refractivity contribution in [3.8, 4) is 0 Å². The summed E-state index contributed by atoms with van der Waals surface area (Å²) in [5, 5.41) is 6.82. The van der Waals surface area contributed by atoms with E-state index < -0.39 is 23.7 Å². The molecule has 0 unspecified atom stereocenters. The zero-order valence-electron chi connectivity index (χ0n) is 21.6. The summed E-state index contributed by atoms with van der Waals surface area (Å²) in [5.41, 5.74) is 9.64. The highest BCUT2D eigenvalue weighted by molar-refractivity contribution is 6.01. The van der Waals surface area contributed by atoms with Crippen LogP contribution in [0.15, 0.2) is 29.4 Å². The predicted molar refractivity (Wildman–Crippen MR) is 137 cm³/mol. The topological polar surface area (TPSA) is 128 Å². The van der Waals surface area contributed by atoms with E-state index in [2.05, 4.69) is 34.1 Å². The molecule has 1 aromatic rings. The second-order valence-electron chi connectivity index (χ2n) is 11.2.